The minimum Gasteiger partial charge on any atom is -0.343 e. The fraction of sp³-hybridized carbons (Fsp3) is 0.421. The lowest BCUT2D eigenvalue weighted by Gasteiger charge is -2.29. The van der Waals surface area contributed by atoms with Gasteiger partial charge in [-0.05, 0) is 66.6 Å². The van der Waals surface area contributed by atoms with Crippen molar-refractivity contribution in [2.45, 2.75) is 26.3 Å². The van der Waals surface area contributed by atoms with Gasteiger partial charge in [-0.2, -0.15) is 0 Å². The molecule has 8 heteroatoms. The predicted molar refractivity (Wildman–Crippen MR) is 116 cm³/mol. The van der Waals surface area contributed by atoms with Gasteiger partial charge in [0.05, 0.1) is 17.8 Å². The maximum atomic E-state index is 12.2. The van der Waals surface area contributed by atoms with E-state index in [-0.39, 0.29) is 18.4 Å². The Morgan fingerprint density at radius 1 is 1.30 bits per heavy atom. The van der Waals surface area contributed by atoms with Crippen LogP contribution in [0.2, 0.25) is 0 Å². The quantitative estimate of drug-likeness (QED) is 0.600. The van der Waals surface area contributed by atoms with Gasteiger partial charge < -0.3 is 10.6 Å². The molecule has 27 heavy (non-hydrogen) atoms. The first-order valence-electron chi connectivity index (χ1n) is 9.00. The molecular weight excluding hydrogens is 475 g/mol. The van der Waals surface area contributed by atoms with Gasteiger partial charge in [-0.1, -0.05) is 19.1 Å². The largest absolute Gasteiger partial charge is 0.343 e. The van der Waals surface area contributed by atoms with E-state index in [0.717, 1.165) is 34.8 Å². The van der Waals surface area contributed by atoms with Crippen LogP contribution in [0.15, 0.2) is 29.6 Å². The van der Waals surface area contributed by atoms with Gasteiger partial charge in [-0.25, -0.2) is 4.98 Å². The molecule has 2 amide bonds. The number of carbonyl (C=O) groups excluding carboxylic acids is 2. The maximum Gasteiger partial charge on any atom is 0.252 e. The topological polar surface area (TPSA) is 74.3 Å². The van der Waals surface area contributed by atoms with Crippen LogP contribution in [0.5, 0.6) is 0 Å². The highest BCUT2D eigenvalue weighted by molar-refractivity contribution is 14.1. The van der Waals surface area contributed by atoms with Crippen molar-refractivity contribution in [3.8, 4) is 0 Å². The molecule has 0 spiro atoms. The summed E-state index contributed by atoms with van der Waals surface area (Å²) >= 11 is 3.52. The second-order valence-electron chi connectivity index (χ2n) is 6.81. The average molecular weight is 498 g/mol. The zero-order chi connectivity index (χ0) is 19.2. The molecule has 0 radical (unpaired) electrons. The minimum absolute atomic E-state index is 0.0806. The number of thiazole rings is 1. The fourth-order valence-corrected chi connectivity index (χ4v) is 4.30. The first kappa shape index (κ1) is 20.2. The Labute approximate surface area is 176 Å². The van der Waals surface area contributed by atoms with Crippen LogP contribution in [-0.4, -0.2) is 41.3 Å². The molecule has 0 saturated carbocycles. The van der Waals surface area contributed by atoms with Crippen LogP contribution in [0.1, 0.15) is 35.8 Å². The maximum absolute atomic E-state index is 12.2. The van der Waals surface area contributed by atoms with E-state index in [9.17, 15) is 9.59 Å². The Morgan fingerprint density at radius 3 is 2.78 bits per heavy atom. The Morgan fingerprint density at radius 2 is 2.04 bits per heavy atom. The summed E-state index contributed by atoms with van der Waals surface area (Å²) in [5.74, 6) is 0.275. The number of piperidine rings is 1. The molecule has 2 heterocycles. The van der Waals surface area contributed by atoms with Crippen LogP contribution in [0.25, 0.3) is 0 Å². The van der Waals surface area contributed by atoms with Crippen LogP contribution < -0.4 is 10.6 Å². The molecule has 3 rings (SSSR count). The molecule has 2 aromatic rings. The Balaban J connectivity index is 1.45. The van der Waals surface area contributed by atoms with Crippen LogP contribution >= 0.6 is 33.9 Å². The van der Waals surface area contributed by atoms with E-state index < -0.39 is 0 Å². The van der Waals surface area contributed by atoms with Crippen molar-refractivity contribution in [3.05, 3.63) is 44.5 Å². The molecule has 1 aliphatic heterocycles. The Hall–Kier alpha value is -1.52. The van der Waals surface area contributed by atoms with Gasteiger partial charge in [0, 0.05) is 15.5 Å². The van der Waals surface area contributed by atoms with Crippen LogP contribution in [0.3, 0.4) is 0 Å². The van der Waals surface area contributed by atoms with E-state index >= 15 is 0 Å². The summed E-state index contributed by atoms with van der Waals surface area (Å²) in [5.41, 5.74) is 1.55. The van der Waals surface area contributed by atoms with Crippen molar-refractivity contribution in [1.29, 1.82) is 0 Å². The van der Waals surface area contributed by atoms with Crippen molar-refractivity contribution in [3.63, 3.8) is 0 Å². The normalized spacial score (nSPS) is 15.5. The molecule has 0 bridgehead atoms. The van der Waals surface area contributed by atoms with E-state index in [1.54, 1.807) is 12.1 Å². The number of benzene rings is 1. The second-order valence-corrected chi connectivity index (χ2v) is 8.83. The van der Waals surface area contributed by atoms with Crippen molar-refractivity contribution < 1.29 is 9.59 Å². The standard InChI is InChI=1S/C19H23IN4O2S/c1-13-6-8-24(9-7-13)11-14-12-27-19(22-14)23-17(25)10-21-18(26)15-4-2-3-5-16(15)20/h2-5,12-13H,6-11H2,1H3,(H,21,26)(H,22,23,25). The van der Waals surface area contributed by atoms with E-state index in [0.29, 0.717) is 10.7 Å². The molecule has 0 atom stereocenters. The zero-order valence-corrected chi connectivity index (χ0v) is 18.2. The van der Waals surface area contributed by atoms with Crippen molar-refractivity contribution >= 4 is 50.9 Å². The first-order chi connectivity index (χ1) is 13.0. The van der Waals surface area contributed by atoms with Gasteiger partial charge in [-0.3, -0.25) is 14.5 Å². The number of likely N-dealkylation sites (tertiary alicyclic amines) is 1. The number of aromatic nitrogens is 1. The zero-order valence-electron chi connectivity index (χ0n) is 15.2. The van der Waals surface area contributed by atoms with E-state index in [2.05, 4.69) is 50.0 Å². The lowest BCUT2D eigenvalue weighted by Crippen LogP contribution is -2.33. The Kier molecular flexibility index (Phi) is 7.20. The third kappa shape index (κ3) is 5.98. The van der Waals surface area contributed by atoms with Gasteiger partial charge in [0.1, 0.15) is 0 Å². The number of anilines is 1. The molecule has 1 aromatic carbocycles. The minimum atomic E-state index is -0.276. The van der Waals surface area contributed by atoms with Gasteiger partial charge in [-0.15, -0.1) is 11.3 Å². The fourth-order valence-electron chi connectivity index (χ4n) is 2.95. The molecule has 2 N–H and O–H groups in total. The number of halogens is 1. The second kappa shape index (κ2) is 9.61. The lowest BCUT2D eigenvalue weighted by molar-refractivity contribution is -0.115. The van der Waals surface area contributed by atoms with Crippen LogP contribution in [-0.2, 0) is 11.3 Å². The number of hydrogen-bond acceptors (Lipinski definition) is 5. The number of rotatable bonds is 6. The van der Waals surface area contributed by atoms with Gasteiger partial charge in [0.15, 0.2) is 5.13 Å². The van der Waals surface area contributed by atoms with E-state index in [1.165, 1.54) is 24.2 Å². The molecule has 1 aliphatic rings. The molecule has 1 saturated heterocycles. The summed E-state index contributed by atoms with van der Waals surface area (Å²) in [6.07, 6.45) is 2.46. The monoisotopic (exact) mass is 498 g/mol. The average Bonchev–Trinajstić information content (AvgIpc) is 3.09. The highest BCUT2D eigenvalue weighted by atomic mass is 127. The van der Waals surface area contributed by atoms with Crippen LogP contribution in [0, 0.1) is 9.49 Å². The molecular formula is C19H23IN4O2S. The summed E-state index contributed by atoms with van der Waals surface area (Å²) in [6.45, 7) is 5.24. The number of hydrogen-bond donors (Lipinski definition) is 2. The van der Waals surface area contributed by atoms with Gasteiger partial charge >= 0.3 is 0 Å². The predicted octanol–water partition coefficient (Wildman–Crippen LogP) is 3.35. The number of amides is 2. The third-order valence-electron chi connectivity index (χ3n) is 4.59. The molecule has 6 nitrogen and oxygen atoms in total. The van der Waals surface area contributed by atoms with Gasteiger partial charge in [0.25, 0.3) is 5.91 Å². The number of carbonyl (C=O) groups is 2. The van der Waals surface area contributed by atoms with E-state index in [4.69, 9.17) is 0 Å². The summed E-state index contributed by atoms with van der Waals surface area (Å²) in [5, 5.41) is 7.97. The third-order valence-corrected chi connectivity index (χ3v) is 6.34. The summed E-state index contributed by atoms with van der Waals surface area (Å²) in [6, 6.07) is 7.27. The smallest absolute Gasteiger partial charge is 0.252 e. The lowest BCUT2D eigenvalue weighted by atomic mass is 9.99. The summed E-state index contributed by atoms with van der Waals surface area (Å²) in [7, 11) is 0. The molecule has 144 valence electrons. The molecule has 1 fully saturated rings. The Bertz CT molecular complexity index is 803. The van der Waals surface area contributed by atoms with Crippen LogP contribution in [0.4, 0.5) is 5.13 Å². The van der Waals surface area contributed by atoms with Gasteiger partial charge in [0.2, 0.25) is 5.91 Å². The number of nitrogens with zero attached hydrogens (tertiary/aromatic N) is 2. The summed E-state index contributed by atoms with van der Waals surface area (Å²) in [4.78, 5) is 31.2. The van der Waals surface area contributed by atoms with Crippen molar-refractivity contribution in [1.82, 2.24) is 15.2 Å². The highest BCUT2D eigenvalue weighted by Gasteiger charge is 2.17. The SMILES string of the molecule is CC1CCN(Cc2csc(NC(=O)CNC(=O)c3ccccc3I)n2)CC1. The molecule has 0 aliphatic carbocycles. The van der Waals surface area contributed by atoms with E-state index in [1.807, 2.05) is 17.5 Å². The van der Waals surface area contributed by atoms with Crippen molar-refractivity contribution in [2.24, 2.45) is 5.92 Å². The highest BCUT2D eigenvalue weighted by Crippen LogP contribution is 2.21. The van der Waals surface area contributed by atoms with Crippen molar-refractivity contribution in [2.75, 3.05) is 25.0 Å². The first-order valence-corrected chi connectivity index (χ1v) is 11.0. The molecule has 1 aromatic heterocycles. The molecule has 0 unspecified atom stereocenters. The summed E-state index contributed by atoms with van der Waals surface area (Å²) < 4.78 is 0.852. The number of nitrogens with one attached hydrogen (secondary N) is 2.